The Hall–Kier alpha value is -1.28. The number of phosphoric ester groups is 1. The summed E-state index contributed by atoms with van der Waals surface area (Å²) in [5.74, 6) is -0.549. The summed E-state index contributed by atoms with van der Waals surface area (Å²) < 4.78 is 39.6. The second-order valence-electron chi connectivity index (χ2n) is 6.35. The molecule has 0 N–H and O–H groups in total. The Bertz CT molecular complexity index is 734. The number of esters is 2. The second kappa shape index (κ2) is 10.7. The number of methoxy groups -OCH3 is 2. The molecule has 8 nitrogen and oxygen atoms in total. The highest BCUT2D eigenvalue weighted by Crippen LogP contribution is 2.57. The number of rotatable bonds is 10. The van der Waals surface area contributed by atoms with Gasteiger partial charge >= 0.3 is 19.8 Å². The lowest BCUT2D eigenvalue weighted by molar-refractivity contribution is -0.140. The number of ether oxygens (including phenoxy) is 2. The number of hydrogen-bond acceptors (Lipinski definition) is 9. The lowest BCUT2D eigenvalue weighted by Crippen LogP contribution is -2.33. The third kappa shape index (κ3) is 5.08. The van der Waals surface area contributed by atoms with Crippen LogP contribution in [0.1, 0.15) is 40.0 Å². The molecule has 2 rings (SSSR count). The molecule has 0 aromatic rings. The third-order valence-corrected chi connectivity index (χ3v) is 7.43. The van der Waals surface area contributed by atoms with Crippen molar-refractivity contribution in [1.29, 1.82) is 0 Å². The fourth-order valence-electron chi connectivity index (χ4n) is 3.73. The molecule has 10 heteroatoms. The van der Waals surface area contributed by atoms with Crippen molar-refractivity contribution in [1.82, 2.24) is 0 Å². The van der Waals surface area contributed by atoms with Crippen molar-refractivity contribution in [2.24, 2.45) is 5.92 Å². The van der Waals surface area contributed by atoms with Gasteiger partial charge < -0.3 is 14.0 Å². The van der Waals surface area contributed by atoms with Crippen LogP contribution in [0.15, 0.2) is 22.5 Å². The lowest BCUT2D eigenvalue weighted by Gasteiger charge is -2.33. The molecule has 2 aliphatic carbocycles. The number of hydrogen-bond donors (Lipinski definition) is 0. The Morgan fingerprint density at radius 1 is 1.03 bits per heavy atom. The Balaban J connectivity index is 2.64. The highest BCUT2D eigenvalue weighted by atomic mass is 32.2. The molecule has 0 saturated heterocycles. The van der Waals surface area contributed by atoms with Gasteiger partial charge in [-0.05, 0) is 44.4 Å². The average molecular weight is 448 g/mol. The van der Waals surface area contributed by atoms with Crippen LogP contribution in [-0.4, -0.2) is 50.4 Å². The van der Waals surface area contributed by atoms with Crippen LogP contribution in [0.5, 0.6) is 0 Å². The maximum Gasteiger partial charge on any atom is 0.529 e. The third-order valence-electron chi connectivity index (χ3n) is 4.74. The molecule has 2 atom stereocenters. The van der Waals surface area contributed by atoms with E-state index in [9.17, 15) is 14.2 Å². The molecule has 1 fully saturated rings. The van der Waals surface area contributed by atoms with E-state index in [1.54, 1.807) is 13.8 Å². The van der Waals surface area contributed by atoms with Crippen molar-refractivity contribution < 1.29 is 37.2 Å². The summed E-state index contributed by atoms with van der Waals surface area (Å²) in [7, 11) is -1.33. The largest absolute Gasteiger partial charge is 0.529 e. The van der Waals surface area contributed by atoms with Crippen molar-refractivity contribution in [3.63, 3.8) is 0 Å². The summed E-state index contributed by atoms with van der Waals surface area (Å²) in [6, 6.07) is 0. The van der Waals surface area contributed by atoms with Gasteiger partial charge in [0, 0.05) is 5.92 Å². The van der Waals surface area contributed by atoms with Crippen LogP contribution < -0.4 is 0 Å². The van der Waals surface area contributed by atoms with Gasteiger partial charge in [0.2, 0.25) is 0 Å². The molecule has 0 unspecified atom stereocenters. The summed E-state index contributed by atoms with van der Waals surface area (Å²) in [4.78, 5) is 25.3. The zero-order chi connectivity index (χ0) is 21.6. The van der Waals surface area contributed by atoms with Crippen molar-refractivity contribution in [2.75, 3.05) is 33.2 Å². The first-order chi connectivity index (χ1) is 13.9. The smallest absolute Gasteiger partial charge is 0.466 e. The lowest BCUT2D eigenvalue weighted by atomic mass is 9.82. The molecule has 0 aromatic carbocycles. The number of phosphoric acid groups is 1. The molecule has 2 aliphatic rings. The summed E-state index contributed by atoms with van der Waals surface area (Å²) in [6.07, 6.45) is 2.12. The topological polar surface area (TPSA) is 97.4 Å². The monoisotopic (exact) mass is 448 g/mol. The number of carbonyl (C=O) groups is 2. The maximum atomic E-state index is 13.1. The Kier molecular flexibility index (Phi) is 8.82. The average Bonchev–Trinajstić information content (AvgIpc) is 3.18. The van der Waals surface area contributed by atoms with E-state index in [0.717, 1.165) is 12.0 Å². The fraction of sp³-hybridized carbons (Fsp3) is 0.684. The van der Waals surface area contributed by atoms with E-state index < -0.39 is 25.0 Å². The van der Waals surface area contributed by atoms with Crippen LogP contribution >= 0.6 is 19.6 Å². The van der Waals surface area contributed by atoms with Gasteiger partial charge in [0.15, 0.2) is 0 Å². The summed E-state index contributed by atoms with van der Waals surface area (Å²) in [6.45, 7) is 5.59. The van der Waals surface area contributed by atoms with Crippen molar-refractivity contribution in [2.45, 2.75) is 45.3 Å². The van der Waals surface area contributed by atoms with Gasteiger partial charge in [-0.1, -0.05) is 6.92 Å². The minimum Gasteiger partial charge on any atom is -0.466 e. The van der Waals surface area contributed by atoms with E-state index in [-0.39, 0.29) is 24.7 Å². The van der Waals surface area contributed by atoms with Gasteiger partial charge in [0.05, 0.1) is 43.8 Å². The fourth-order valence-corrected chi connectivity index (χ4v) is 6.16. The Morgan fingerprint density at radius 2 is 1.62 bits per heavy atom. The molecule has 0 aliphatic heterocycles. The predicted octanol–water partition coefficient (Wildman–Crippen LogP) is 4.02. The molecule has 0 radical (unpaired) electrons. The zero-order valence-corrected chi connectivity index (χ0v) is 19.2. The number of carbonyl (C=O) groups excluding carboxylic acids is 2. The van der Waals surface area contributed by atoms with Crippen LogP contribution in [0.3, 0.4) is 0 Å². The van der Waals surface area contributed by atoms with Gasteiger partial charge in [-0.15, -0.1) is 11.8 Å². The molecular formula is C19H29O8PS. The van der Waals surface area contributed by atoms with Crippen LogP contribution in [0.25, 0.3) is 0 Å². The first-order valence-corrected chi connectivity index (χ1v) is 12.2. The molecule has 0 spiro atoms. The van der Waals surface area contributed by atoms with Crippen LogP contribution in [0.2, 0.25) is 0 Å². The van der Waals surface area contributed by atoms with E-state index >= 15 is 0 Å². The highest BCUT2D eigenvalue weighted by Gasteiger charge is 2.47. The molecule has 164 valence electrons. The van der Waals surface area contributed by atoms with Crippen LogP contribution in [0, 0.1) is 5.92 Å². The van der Waals surface area contributed by atoms with E-state index in [2.05, 4.69) is 0 Å². The first kappa shape index (κ1) is 24.0. The number of allylic oxidation sites excluding steroid dienone is 1. The molecule has 0 heterocycles. The van der Waals surface area contributed by atoms with Gasteiger partial charge in [-0.2, -0.15) is 0 Å². The SMILES string of the molecule is CCOP(=O)(OCC)OC1=C2CCC[C@@H]2C(C(=O)OC)=C(C(=O)OC)[C@@H]1SCC. The van der Waals surface area contributed by atoms with E-state index in [0.29, 0.717) is 29.9 Å². The second-order valence-corrected chi connectivity index (χ2v) is 9.33. The predicted molar refractivity (Wildman–Crippen MR) is 109 cm³/mol. The van der Waals surface area contributed by atoms with E-state index in [4.69, 9.17) is 23.0 Å². The van der Waals surface area contributed by atoms with Gasteiger partial charge in [-0.25, -0.2) is 14.2 Å². The number of fused-ring (bicyclic) bond motifs is 1. The normalized spacial score (nSPS) is 21.8. The summed E-state index contributed by atoms with van der Waals surface area (Å²) >= 11 is 1.39. The van der Waals surface area contributed by atoms with Crippen LogP contribution in [-0.2, 0) is 37.2 Å². The molecule has 29 heavy (non-hydrogen) atoms. The Labute approximate surface area is 175 Å². The summed E-state index contributed by atoms with van der Waals surface area (Å²) in [5, 5.41) is -0.667. The van der Waals surface area contributed by atoms with Crippen molar-refractivity contribution in [3.05, 3.63) is 22.5 Å². The quantitative estimate of drug-likeness (QED) is 0.363. The van der Waals surface area contributed by atoms with Gasteiger partial charge in [0.1, 0.15) is 5.76 Å². The molecule has 0 amide bonds. The molecule has 0 aromatic heterocycles. The van der Waals surface area contributed by atoms with Gasteiger partial charge in [0.25, 0.3) is 0 Å². The van der Waals surface area contributed by atoms with Crippen molar-refractivity contribution in [3.8, 4) is 0 Å². The van der Waals surface area contributed by atoms with Crippen molar-refractivity contribution >= 4 is 31.5 Å². The van der Waals surface area contributed by atoms with Gasteiger partial charge in [-0.3, -0.25) is 9.05 Å². The standard InChI is InChI=1S/C19H29O8PS/c1-6-25-28(22,26-7-2)27-16-13-11-9-10-12(13)14(18(20)23-4)15(19(21)24-5)17(16)29-8-3/h12,17H,6-11H2,1-5H3/t12-,17-/m0/s1. The first-order valence-electron chi connectivity index (χ1n) is 9.71. The Morgan fingerprint density at radius 3 is 2.14 bits per heavy atom. The minimum absolute atomic E-state index is 0.141. The van der Waals surface area contributed by atoms with Crippen LogP contribution in [0.4, 0.5) is 0 Å². The molecular weight excluding hydrogens is 419 g/mol. The number of thioether (sulfide) groups is 1. The molecule has 0 bridgehead atoms. The molecule has 1 saturated carbocycles. The van der Waals surface area contributed by atoms with E-state index in [1.165, 1.54) is 26.0 Å². The zero-order valence-electron chi connectivity index (χ0n) is 17.5. The summed E-state index contributed by atoms with van der Waals surface area (Å²) in [5.41, 5.74) is 1.31. The van der Waals surface area contributed by atoms with E-state index in [1.807, 2.05) is 6.92 Å². The maximum absolute atomic E-state index is 13.1. The minimum atomic E-state index is -3.88. The highest BCUT2D eigenvalue weighted by molar-refractivity contribution is 8.00.